The Balaban J connectivity index is 2.05. The van der Waals surface area contributed by atoms with Crippen LogP contribution in [0.25, 0.3) is 11.0 Å². The van der Waals surface area contributed by atoms with E-state index in [2.05, 4.69) is 21.5 Å². The van der Waals surface area contributed by atoms with E-state index in [1.807, 2.05) is 0 Å². The lowest BCUT2D eigenvalue weighted by Gasteiger charge is -2.04. The van der Waals surface area contributed by atoms with E-state index in [0.29, 0.717) is 28.8 Å². The van der Waals surface area contributed by atoms with Gasteiger partial charge in [-0.2, -0.15) is 10.4 Å². The maximum Gasteiger partial charge on any atom is 0.296 e. The Bertz CT molecular complexity index is 914. The second kappa shape index (κ2) is 4.83. The van der Waals surface area contributed by atoms with Crippen molar-refractivity contribution >= 4 is 11.0 Å². The Morgan fingerprint density at radius 3 is 2.67 bits per heavy atom. The SMILES string of the molecule is Cc1nn(C)c2c(=O)n(Cc3ccc(C#N)cc3)nnc12. The van der Waals surface area contributed by atoms with Crippen LogP contribution in [0.3, 0.4) is 0 Å². The first kappa shape index (κ1) is 13.0. The van der Waals surface area contributed by atoms with Crippen molar-refractivity contribution < 1.29 is 0 Å². The maximum atomic E-state index is 12.4. The average molecular weight is 280 g/mol. The van der Waals surface area contributed by atoms with Crippen LogP contribution in [0, 0.1) is 18.3 Å². The van der Waals surface area contributed by atoms with Crippen molar-refractivity contribution in [3.8, 4) is 6.07 Å². The van der Waals surface area contributed by atoms with Crippen molar-refractivity contribution in [2.75, 3.05) is 0 Å². The molecule has 0 atom stereocenters. The van der Waals surface area contributed by atoms with Crippen molar-refractivity contribution in [3.05, 3.63) is 51.4 Å². The van der Waals surface area contributed by atoms with E-state index in [4.69, 9.17) is 5.26 Å². The van der Waals surface area contributed by atoms with Crippen LogP contribution in [0.4, 0.5) is 0 Å². The highest BCUT2D eigenvalue weighted by molar-refractivity contribution is 5.75. The van der Waals surface area contributed by atoms with Crippen LogP contribution < -0.4 is 5.56 Å². The molecule has 7 nitrogen and oxygen atoms in total. The third kappa shape index (κ3) is 2.17. The van der Waals surface area contributed by atoms with Crippen LogP contribution in [-0.4, -0.2) is 24.8 Å². The molecule has 2 aromatic heterocycles. The minimum Gasteiger partial charge on any atom is -0.265 e. The van der Waals surface area contributed by atoms with Crippen molar-refractivity contribution in [2.45, 2.75) is 13.5 Å². The van der Waals surface area contributed by atoms with E-state index in [-0.39, 0.29) is 5.56 Å². The lowest BCUT2D eigenvalue weighted by molar-refractivity contribution is 0.596. The van der Waals surface area contributed by atoms with Gasteiger partial charge in [-0.25, -0.2) is 4.68 Å². The fraction of sp³-hybridized carbons (Fsp3) is 0.214. The third-order valence-corrected chi connectivity index (χ3v) is 3.30. The van der Waals surface area contributed by atoms with Gasteiger partial charge < -0.3 is 0 Å². The topological polar surface area (TPSA) is 89.4 Å². The van der Waals surface area contributed by atoms with Gasteiger partial charge in [0, 0.05) is 7.05 Å². The van der Waals surface area contributed by atoms with Gasteiger partial charge in [0.05, 0.1) is 23.9 Å². The molecule has 0 aliphatic carbocycles. The van der Waals surface area contributed by atoms with Crippen molar-refractivity contribution in [1.29, 1.82) is 5.26 Å². The van der Waals surface area contributed by atoms with Gasteiger partial charge in [0.2, 0.25) is 0 Å². The van der Waals surface area contributed by atoms with E-state index < -0.39 is 0 Å². The van der Waals surface area contributed by atoms with Crippen LogP contribution in [0.1, 0.15) is 16.8 Å². The molecular weight excluding hydrogens is 268 g/mol. The zero-order chi connectivity index (χ0) is 15.0. The molecule has 3 aromatic rings. The average Bonchev–Trinajstić information content (AvgIpc) is 2.78. The van der Waals surface area contributed by atoms with Gasteiger partial charge in [0.25, 0.3) is 5.56 Å². The van der Waals surface area contributed by atoms with E-state index in [0.717, 1.165) is 5.56 Å². The fourth-order valence-corrected chi connectivity index (χ4v) is 2.23. The lowest BCUT2D eigenvalue weighted by atomic mass is 10.1. The second-order valence-electron chi connectivity index (χ2n) is 4.77. The minimum atomic E-state index is -0.229. The van der Waals surface area contributed by atoms with E-state index >= 15 is 0 Å². The summed E-state index contributed by atoms with van der Waals surface area (Å²) in [7, 11) is 1.71. The van der Waals surface area contributed by atoms with Crippen LogP contribution in [0.5, 0.6) is 0 Å². The molecule has 0 amide bonds. The van der Waals surface area contributed by atoms with Crippen LogP contribution >= 0.6 is 0 Å². The van der Waals surface area contributed by atoms with Crippen molar-refractivity contribution in [2.24, 2.45) is 7.05 Å². The van der Waals surface area contributed by atoms with Gasteiger partial charge >= 0.3 is 0 Å². The highest BCUT2D eigenvalue weighted by Crippen LogP contribution is 2.09. The summed E-state index contributed by atoms with van der Waals surface area (Å²) in [5, 5.41) is 21.0. The Morgan fingerprint density at radius 1 is 1.29 bits per heavy atom. The molecule has 21 heavy (non-hydrogen) atoms. The number of hydrogen-bond donors (Lipinski definition) is 0. The molecule has 0 unspecified atom stereocenters. The van der Waals surface area contributed by atoms with E-state index in [1.54, 1.807) is 38.2 Å². The van der Waals surface area contributed by atoms with Gasteiger partial charge in [0.1, 0.15) is 5.52 Å². The van der Waals surface area contributed by atoms with Crippen molar-refractivity contribution in [3.63, 3.8) is 0 Å². The molecule has 0 bridgehead atoms. The molecule has 7 heteroatoms. The highest BCUT2D eigenvalue weighted by atomic mass is 16.1. The Hall–Kier alpha value is -3.01. The molecule has 0 spiro atoms. The number of fused-ring (bicyclic) bond motifs is 1. The van der Waals surface area contributed by atoms with Gasteiger partial charge in [0.15, 0.2) is 5.52 Å². The quantitative estimate of drug-likeness (QED) is 0.691. The first-order valence-electron chi connectivity index (χ1n) is 6.36. The fourth-order valence-electron chi connectivity index (χ4n) is 2.23. The first-order chi connectivity index (χ1) is 10.1. The number of nitrogens with zero attached hydrogens (tertiary/aromatic N) is 6. The van der Waals surface area contributed by atoms with Crippen LogP contribution in [0.2, 0.25) is 0 Å². The predicted molar refractivity (Wildman–Crippen MR) is 75.6 cm³/mol. The minimum absolute atomic E-state index is 0.229. The largest absolute Gasteiger partial charge is 0.296 e. The standard InChI is InChI=1S/C14H12N6O/c1-9-12-13(19(2)17-9)14(21)20(18-16-12)8-11-5-3-10(7-15)4-6-11/h3-6H,8H2,1-2H3. The molecule has 0 aliphatic rings. The molecule has 104 valence electrons. The van der Waals surface area contributed by atoms with Gasteiger partial charge in [-0.1, -0.05) is 17.3 Å². The second-order valence-corrected chi connectivity index (χ2v) is 4.77. The molecule has 0 N–H and O–H groups in total. The summed E-state index contributed by atoms with van der Waals surface area (Å²) < 4.78 is 2.82. The summed E-state index contributed by atoms with van der Waals surface area (Å²) in [5.41, 5.74) is 2.88. The monoisotopic (exact) mass is 280 g/mol. The Kier molecular flexibility index (Phi) is 2.99. The summed E-state index contributed by atoms with van der Waals surface area (Å²) >= 11 is 0. The Morgan fingerprint density at radius 2 is 2.00 bits per heavy atom. The summed E-state index contributed by atoms with van der Waals surface area (Å²) in [4.78, 5) is 12.4. The maximum absolute atomic E-state index is 12.4. The zero-order valence-corrected chi connectivity index (χ0v) is 11.6. The number of aromatic nitrogens is 5. The molecule has 0 radical (unpaired) electrons. The molecule has 1 aromatic carbocycles. The molecule has 0 fully saturated rings. The number of nitriles is 1. The number of aryl methyl sites for hydroxylation is 2. The van der Waals surface area contributed by atoms with Gasteiger partial charge in [-0.05, 0) is 24.6 Å². The summed E-state index contributed by atoms with van der Waals surface area (Å²) in [6.45, 7) is 2.10. The Labute approximate surface area is 120 Å². The summed E-state index contributed by atoms with van der Waals surface area (Å²) in [6, 6.07) is 9.07. The number of hydrogen-bond acceptors (Lipinski definition) is 5. The summed E-state index contributed by atoms with van der Waals surface area (Å²) in [5.74, 6) is 0. The molecule has 0 saturated carbocycles. The van der Waals surface area contributed by atoms with Gasteiger partial charge in [-0.3, -0.25) is 9.48 Å². The van der Waals surface area contributed by atoms with Crippen LogP contribution in [0.15, 0.2) is 29.1 Å². The van der Waals surface area contributed by atoms with E-state index in [1.165, 1.54) is 9.36 Å². The smallest absolute Gasteiger partial charge is 0.265 e. The first-order valence-corrected chi connectivity index (χ1v) is 6.36. The number of rotatable bonds is 2. The lowest BCUT2D eigenvalue weighted by Crippen LogP contribution is -2.26. The third-order valence-electron chi connectivity index (χ3n) is 3.30. The molecule has 0 aliphatic heterocycles. The van der Waals surface area contributed by atoms with Gasteiger partial charge in [-0.15, -0.1) is 5.10 Å². The number of benzene rings is 1. The molecular formula is C14H12N6O. The normalized spacial score (nSPS) is 10.7. The summed E-state index contributed by atoms with van der Waals surface area (Å²) in [6.07, 6.45) is 0. The highest BCUT2D eigenvalue weighted by Gasteiger charge is 2.13. The molecule has 3 rings (SSSR count). The predicted octanol–water partition coefficient (Wildman–Crippen LogP) is 0.753. The molecule has 2 heterocycles. The zero-order valence-electron chi connectivity index (χ0n) is 11.6. The van der Waals surface area contributed by atoms with Crippen molar-refractivity contribution in [1.82, 2.24) is 24.8 Å². The van der Waals surface area contributed by atoms with E-state index in [9.17, 15) is 4.79 Å². The molecule has 0 saturated heterocycles. The van der Waals surface area contributed by atoms with Crippen LogP contribution in [-0.2, 0) is 13.6 Å².